The zero-order chi connectivity index (χ0) is 28.5. The number of rotatable bonds is 8. The molecule has 224 valence electrons. The van der Waals surface area contributed by atoms with Crippen LogP contribution in [0.2, 0.25) is 0 Å². The molecule has 0 saturated heterocycles. The van der Waals surface area contributed by atoms with Gasteiger partial charge >= 0.3 is 0 Å². The summed E-state index contributed by atoms with van der Waals surface area (Å²) in [5, 5.41) is -0.0356. The van der Waals surface area contributed by atoms with Gasteiger partial charge in [0, 0.05) is 23.3 Å². The van der Waals surface area contributed by atoms with E-state index in [-0.39, 0.29) is 16.1 Å². The predicted molar refractivity (Wildman–Crippen MR) is 163 cm³/mol. The summed E-state index contributed by atoms with van der Waals surface area (Å²) in [4.78, 5) is 24.4. The molecule has 8 aliphatic carbocycles. The average molecular weight is 562 g/mol. The third-order valence-electron chi connectivity index (χ3n) is 11.3. The summed E-state index contributed by atoms with van der Waals surface area (Å²) in [6, 6.07) is 0.375. The van der Waals surface area contributed by atoms with E-state index in [1.165, 1.54) is 64.2 Å². The van der Waals surface area contributed by atoms with E-state index in [2.05, 4.69) is 34.6 Å². The van der Waals surface area contributed by atoms with Crippen LogP contribution < -0.4 is 5.73 Å². The number of Topliss-reactive ketones (excluding diaryl/α,β-unsaturated/α-hetero) is 1. The molecule has 39 heavy (non-hydrogen) atoms. The first kappa shape index (κ1) is 31.5. The molecule has 8 rings (SSSR count). The molecule has 0 heterocycles. The first-order valence-electron chi connectivity index (χ1n) is 16.8. The molecule has 0 aromatic heterocycles. The van der Waals surface area contributed by atoms with Gasteiger partial charge in [0.05, 0.1) is 0 Å². The fourth-order valence-electron chi connectivity index (χ4n) is 11.0. The Kier molecular flexibility index (Phi) is 10.4. The molecular weight excluding hydrogens is 502 g/mol. The van der Waals surface area contributed by atoms with Crippen LogP contribution in [0.3, 0.4) is 0 Å². The fourth-order valence-corrected chi connectivity index (χ4v) is 11.2. The van der Waals surface area contributed by atoms with Crippen LogP contribution in [-0.4, -0.2) is 17.1 Å². The Morgan fingerprint density at radius 2 is 0.974 bits per heavy atom. The van der Waals surface area contributed by atoms with Crippen molar-refractivity contribution in [3.8, 4) is 0 Å². The summed E-state index contributed by atoms with van der Waals surface area (Å²) in [5.41, 5.74) is 5.56. The van der Waals surface area contributed by atoms with E-state index in [4.69, 9.17) is 17.3 Å². The molecule has 2 N–H and O–H groups in total. The third-order valence-corrected chi connectivity index (χ3v) is 11.7. The van der Waals surface area contributed by atoms with Gasteiger partial charge in [-0.25, -0.2) is 0 Å². The Bertz CT molecular complexity index is 769. The highest BCUT2D eigenvalue weighted by molar-refractivity contribution is 6.64. The number of halogens is 1. The normalized spacial score (nSPS) is 40.6. The number of ketones is 1. The minimum Gasteiger partial charge on any atom is -0.328 e. The van der Waals surface area contributed by atoms with E-state index in [1.54, 1.807) is 0 Å². The SMILES string of the molecule is CC(C)CC(C)CC(=O)C12CC3CC(CC(C3)C1)C2.CC(C)CC(C)N.O=C(Cl)C12CC3CC(CC(C3)C1)C2. The lowest BCUT2D eigenvalue weighted by Gasteiger charge is -2.56. The smallest absolute Gasteiger partial charge is 0.227 e. The number of nitrogens with two attached hydrogens (primary N) is 1. The molecule has 0 radical (unpaired) electrons. The van der Waals surface area contributed by atoms with E-state index in [0.29, 0.717) is 17.7 Å². The van der Waals surface area contributed by atoms with Crippen molar-refractivity contribution in [1.29, 1.82) is 0 Å². The van der Waals surface area contributed by atoms with Crippen LogP contribution in [0.25, 0.3) is 0 Å². The standard InChI is InChI=1S/C18H30O.C11H15ClO.C6H15N/c1-12(2)4-13(3)5-17(19)18-9-14-6-15(10-18)8-16(7-14)11-18;12-10(13)11-4-7-1-8(5-11)3-9(2-7)6-11;1-5(2)4-6(3)7/h12-16H,4-11H2,1-3H3;7-9H,1-6H2;5-6H,4,7H2,1-3H3. The average Bonchev–Trinajstić information content (AvgIpc) is 2.76. The first-order valence-corrected chi connectivity index (χ1v) is 17.1. The van der Waals surface area contributed by atoms with Gasteiger partial charge in [-0.2, -0.15) is 0 Å². The highest BCUT2D eigenvalue weighted by Gasteiger charge is 2.55. The van der Waals surface area contributed by atoms with Gasteiger partial charge in [-0.05, 0) is 162 Å². The Morgan fingerprint density at radius 1 is 0.641 bits per heavy atom. The van der Waals surface area contributed by atoms with Gasteiger partial charge in [-0.15, -0.1) is 0 Å². The maximum atomic E-state index is 12.9. The minimum atomic E-state index is -0.0731. The molecule has 8 fully saturated rings. The van der Waals surface area contributed by atoms with Gasteiger partial charge in [0.15, 0.2) is 0 Å². The molecule has 8 aliphatic rings. The zero-order valence-electron chi connectivity index (χ0n) is 26.2. The molecular formula is C35H60ClNO2. The number of carbonyl (C=O) groups excluding carboxylic acids is 2. The van der Waals surface area contributed by atoms with Crippen molar-refractivity contribution in [1.82, 2.24) is 0 Å². The van der Waals surface area contributed by atoms with Gasteiger partial charge < -0.3 is 5.73 Å². The maximum absolute atomic E-state index is 12.9. The summed E-state index contributed by atoms with van der Waals surface area (Å²) in [5.74, 6) is 7.87. The topological polar surface area (TPSA) is 60.2 Å². The molecule has 8 saturated carbocycles. The fraction of sp³-hybridized carbons (Fsp3) is 0.943. The lowest BCUT2D eigenvalue weighted by atomic mass is 9.48. The molecule has 0 aromatic rings. The summed E-state index contributed by atoms with van der Waals surface area (Å²) in [6.07, 6.45) is 18.7. The van der Waals surface area contributed by atoms with E-state index in [1.807, 2.05) is 6.92 Å². The second-order valence-corrected chi connectivity index (χ2v) is 17.0. The largest absolute Gasteiger partial charge is 0.328 e. The van der Waals surface area contributed by atoms with E-state index < -0.39 is 0 Å². The minimum absolute atomic E-state index is 0.0356. The van der Waals surface area contributed by atoms with Gasteiger partial charge in [-0.1, -0.05) is 34.6 Å². The van der Waals surface area contributed by atoms with Crippen molar-refractivity contribution < 1.29 is 9.59 Å². The van der Waals surface area contributed by atoms with Crippen LogP contribution in [0.15, 0.2) is 0 Å². The van der Waals surface area contributed by atoms with Crippen molar-refractivity contribution in [2.75, 3.05) is 0 Å². The zero-order valence-corrected chi connectivity index (χ0v) is 26.9. The molecule has 0 amide bonds. The van der Waals surface area contributed by atoms with Gasteiger partial charge in [0.25, 0.3) is 0 Å². The molecule has 2 unspecified atom stereocenters. The van der Waals surface area contributed by atoms with Gasteiger partial charge in [-0.3, -0.25) is 9.59 Å². The van der Waals surface area contributed by atoms with Crippen molar-refractivity contribution in [3.05, 3.63) is 0 Å². The summed E-state index contributed by atoms with van der Waals surface area (Å²) < 4.78 is 0. The van der Waals surface area contributed by atoms with Crippen molar-refractivity contribution in [3.63, 3.8) is 0 Å². The first-order chi connectivity index (χ1) is 18.3. The maximum Gasteiger partial charge on any atom is 0.227 e. The highest BCUT2D eigenvalue weighted by Crippen LogP contribution is 2.61. The van der Waals surface area contributed by atoms with E-state index in [0.717, 1.165) is 79.4 Å². The van der Waals surface area contributed by atoms with Crippen molar-refractivity contribution >= 4 is 22.6 Å². The van der Waals surface area contributed by atoms with Crippen LogP contribution >= 0.6 is 11.6 Å². The molecule has 3 nitrogen and oxygen atoms in total. The predicted octanol–water partition coefficient (Wildman–Crippen LogP) is 9.19. The molecule has 0 spiro atoms. The summed E-state index contributed by atoms with van der Waals surface area (Å²) in [7, 11) is 0. The third kappa shape index (κ3) is 7.91. The summed E-state index contributed by atoms with van der Waals surface area (Å²) >= 11 is 5.76. The number of carbonyl (C=O) groups is 2. The van der Waals surface area contributed by atoms with E-state index in [9.17, 15) is 9.59 Å². The van der Waals surface area contributed by atoms with E-state index >= 15 is 0 Å². The van der Waals surface area contributed by atoms with Crippen LogP contribution in [0, 0.1) is 64.1 Å². The lowest BCUT2D eigenvalue weighted by molar-refractivity contribution is -0.144. The Balaban J connectivity index is 0.000000152. The quantitative estimate of drug-likeness (QED) is 0.300. The van der Waals surface area contributed by atoms with Crippen molar-refractivity contribution in [2.24, 2.45) is 69.8 Å². The second kappa shape index (κ2) is 12.8. The lowest BCUT2D eigenvalue weighted by Crippen LogP contribution is -2.50. The number of hydrogen-bond acceptors (Lipinski definition) is 3. The monoisotopic (exact) mass is 561 g/mol. The Morgan fingerprint density at radius 3 is 1.23 bits per heavy atom. The summed E-state index contributed by atoms with van der Waals surface area (Å²) in [6.45, 7) is 13.2. The molecule has 0 aliphatic heterocycles. The van der Waals surface area contributed by atoms with Crippen LogP contribution in [-0.2, 0) is 9.59 Å². The molecule has 4 heteroatoms. The second-order valence-electron chi connectivity index (χ2n) is 16.6. The van der Waals surface area contributed by atoms with Crippen LogP contribution in [0.4, 0.5) is 0 Å². The molecule has 2 atom stereocenters. The highest BCUT2D eigenvalue weighted by atomic mass is 35.5. The Hall–Kier alpha value is -0.410. The van der Waals surface area contributed by atoms with Crippen LogP contribution in [0.1, 0.15) is 138 Å². The molecule has 8 bridgehead atoms. The number of hydrogen-bond donors (Lipinski definition) is 1. The van der Waals surface area contributed by atoms with Crippen LogP contribution in [0.5, 0.6) is 0 Å². The molecule has 0 aromatic carbocycles. The van der Waals surface area contributed by atoms with Crippen molar-refractivity contribution in [2.45, 2.75) is 144 Å². The Labute approximate surface area is 245 Å². The van der Waals surface area contributed by atoms with Gasteiger partial charge in [0.1, 0.15) is 5.78 Å². The van der Waals surface area contributed by atoms with Gasteiger partial charge in [0.2, 0.25) is 5.24 Å².